The topological polar surface area (TPSA) is 88.3 Å². The second kappa shape index (κ2) is 6.76. The highest BCUT2D eigenvalue weighted by Crippen LogP contribution is 2.37. The molecule has 0 saturated carbocycles. The van der Waals surface area contributed by atoms with Crippen LogP contribution in [0.15, 0.2) is 48.5 Å². The van der Waals surface area contributed by atoms with E-state index >= 15 is 0 Å². The number of carbonyl (C=O) groups is 2. The summed E-state index contributed by atoms with van der Waals surface area (Å²) in [5, 5.41) is 3.49. The number of aromatic nitrogens is 1. The molecular formula is C19H18N4O2S. The highest BCUT2D eigenvalue weighted by Gasteiger charge is 2.32. The van der Waals surface area contributed by atoms with Gasteiger partial charge in [0.1, 0.15) is 5.01 Å². The molecule has 1 aromatic heterocycles. The largest absolute Gasteiger partial charge is 0.351 e. The smallest absolute Gasteiger partial charge is 0.316 e. The number of nitrogens with zero attached hydrogens (tertiary/aromatic N) is 2. The van der Waals surface area contributed by atoms with Crippen LogP contribution in [0.2, 0.25) is 0 Å². The molecule has 1 aliphatic heterocycles. The Morgan fingerprint density at radius 3 is 2.65 bits per heavy atom. The van der Waals surface area contributed by atoms with Crippen LogP contribution in [-0.2, 0) is 0 Å². The van der Waals surface area contributed by atoms with E-state index in [-0.39, 0.29) is 11.9 Å². The Hall–Kier alpha value is -2.93. The van der Waals surface area contributed by atoms with Crippen molar-refractivity contribution in [3.05, 3.63) is 59.1 Å². The first-order chi connectivity index (χ1) is 12.6. The molecule has 26 heavy (non-hydrogen) atoms. The number of likely N-dealkylation sites (tertiary alicyclic amines) is 1. The molecule has 4 rings (SSSR count). The van der Waals surface area contributed by atoms with Gasteiger partial charge in [-0.25, -0.2) is 9.78 Å². The van der Waals surface area contributed by atoms with Gasteiger partial charge in [0.05, 0.1) is 16.3 Å². The van der Waals surface area contributed by atoms with Gasteiger partial charge in [-0.1, -0.05) is 12.1 Å². The van der Waals surface area contributed by atoms with Crippen LogP contribution in [0.5, 0.6) is 0 Å². The number of hydrogen-bond donors (Lipinski definition) is 2. The Balaban J connectivity index is 1.57. The number of anilines is 1. The number of benzene rings is 2. The number of thiazole rings is 1. The second-order valence-electron chi connectivity index (χ2n) is 6.24. The van der Waals surface area contributed by atoms with Crippen molar-refractivity contribution >= 4 is 39.2 Å². The molecule has 0 unspecified atom stereocenters. The zero-order chi connectivity index (χ0) is 18.1. The molecule has 2 aromatic carbocycles. The molecule has 0 bridgehead atoms. The summed E-state index contributed by atoms with van der Waals surface area (Å²) < 4.78 is 1.14. The number of carbonyl (C=O) groups excluding carboxylic acids is 2. The lowest BCUT2D eigenvalue weighted by Gasteiger charge is -2.23. The van der Waals surface area contributed by atoms with Gasteiger partial charge in [0.2, 0.25) is 0 Å². The van der Waals surface area contributed by atoms with Gasteiger partial charge in [0.15, 0.2) is 0 Å². The summed E-state index contributed by atoms with van der Waals surface area (Å²) in [6, 6.07) is 14.2. The molecule has 3 N–H and O–H groups in total. The standard InChI is InChI=1S/C19H18N4O2S/c20-19(25)21-13-9-7-12(8-10-13)18(24)23-11-3-5-15(23)17-22-14-4-1-2-6-16(14)26-17/h1-2,4,6-10,15H,3,5,11H2,(H3,20,21,25)/t15-/m1/s1. The van der Waals surface area contributed by atoms with Gasteiger partial charge in [-0.05, 0) is 49.2 Å². The number of para-hydroxylation sites is 1. The van der Waals surface area contributed by atoms with Crippen molar-refractivity contribution < 1.29 is 9.59 Å². The number of fused-ring (bicyclic) bond motifs is 1. The number of amides is 3. The average Bonchev–Trinajstić information content (AvgIpc) is 3.27. The highest BCUT2D eigenvalue weighted by atomic mass is 32.1. The molecule has 0 radical (unpaired) electrons. The number of rotatable bonds is 3. The fraction of sp³-hybridized carbons (Fsp3) is 0.211. The third kappa shape index (κ3) is 3.13. The van der Waals surface area contributed by atoms with E-state index in [1.807, 2.05) is 23.1 Å². The van der Waals surface area contributed by atoms with E-state index in [0.717, 1.165) is 34.6 Å². The van der Waals surface area contributed by atoms with Crippen LogP contribution < -0.4 is 11.1 Å². The molecule has 1 saturated heterocycles. The van der Waals surface area contributed by atoms with Gasteiger partial charge in [-0.3, -0.25) is 4.79 Å². The average molecular weight is 366 g/mol. The van der Waals surface area contributed by atoms with E-state index in [9.17, 15) is 9.59 Å². The summed E-state index contributed by atoms with van der Waals surface area (Å²) in [7, 11) is 0. The maximum Gasteiger partial charge on any atom is 0.316 e. The van der Waals surface area contributed by atoms with Gasteiger partial charge in [-0.15, -0.1) is 11.3 Å². The Bertz CT molecular complexity index is 934. The maximum absolute atomic E-state index is 13.0. The Kier molecular flexibility index (Phi) is 4.30. The summed E-state index contributed by atoms with van der Waals surface area (Å²) in [6.07, 6.45) is 1.89. The fourth-order valence-corrected chi connectivity index (χ4v) is 4.42. The molecular weight excluding hydrogens is 348 g/mol. The maximum atomic E-state index is 13.0. The number of nitrogens with one attached hydrogen (secondary N) is 1. The Morgan fingerprint density at radius 2 is 1.92 bits per heavy atom. The van der Waals surface area contributed by atoms with Crippen molar-refractivity contribution in [3.8, 4) is 0 Å². The number of urea groups is 1. The van der Waals surface area contributed by atoms with Crippen molar-refractivity contribution in [1.82, 2.24) is 9.88 Å². The molecule has 1 aliphatic rings. The van der Waals surface area contributed by atoms with E-state index in [1.165, 1.54) is 0 Å². The van der Waals surface area contributed by atoms with E-state index < -0.39 is 6.03 Å². The number of nitrogens with two attached hydrogens (primary N) is 1. The number of primary amides is 1. The normalized spacial score (nSPS) is 16.8. The van der Waals surface area contributed by atoms with Crippen molar-refractivity contribution in [1.29, 1.82) is 0 Å². The molecule has 3 aromatic rings. The molecule has 0 aliphatic carbocycles. The molecule has 6 nitrogen and oxygen atoms in total. The van der Waals surface area contributed by atoms with Gasteiger partial charge in [-0.2, -0.15) is 0 Å². The molecule has 1 atom stereocenters. The van der Waals surface area contributed by atoms with E-state index in [1.54, 1.807) is 35.6 Å². The summed E-state index contributed by atoms with van der Waals surface area (Å²) in [6.45, 7) is 0.723. The minimum Gasteiger partial charge on any atom is -0.351 e. The molecule has 0 spiro atoms. The second-order valence-corrected chi connectivity index (χ2v) is 7.31. The highest BCUT2D eigenvalue weighted by molar-refractivity contribution is 7.18. The lowest BCUT2D eigenvalue weighted by molar-refractivity contribution is 0.0735. The van der Waals surface area contributed by atoms with Crippen LogP contribution in [0.3, 0.4) is 0 Å². The predicted octanol–water partition coefficient (Wildman–Crippen LogP) is 3.76. The van der Waals surface area contributed by atoms with Crippen molar-refractivity contribution in [2.24, 2.45) is 5.73 Å². The van der Waals surface area contributed by atoms with E-state index in [4.69, 9.17) is 10.7 Å². The Labute approximate surface area is 154 Å². The number of hydrogen-bond acceptors (Lipinski definition) is 4. The van der Waals surface area contributed by atoms with E-state index in [0.29, 0.717) is 11.3 Å². The van der Waals surface area contributed by atoms with Crippen molar-refractivity contribution in [2.75, 3.05) is 11.9 Å². The molecule has 7 heteroatoms. The van der Waals surface area contributed by atoms with Gasteiger partial charge in [0, 0.05) is 17.8 Å². The summed E-state index contributed by atoms with van der Waals surface area (Å²) in [4.78, 5) is 30.5. The monoisotopic (exact) mass is 366 g/mol. The summed E-state index contributed by atoms with van der Waals surface area (Å²) in [5.41, 5.74) is 7.24. The van der Waals surface area contributed by atoms with Crippen LogP contribution in [0.4, 0.5) is 10.5 Å². The lowest BCUT2D eigenvalue weighted by atomic mass is 10.1. The lowest BCUT2D eigenvalue weighted by Crippen LogP contribution is -2.30. The van der Waals surface area contributed by atoms with Gasteiger partial charge >= 0.3 is 6.03 Å². The molecule has 3 amide bonds. The zero-order valence-electron chi connectivity index (χ0n) is 14.0. The third-order valence-electron chi connectivity index (χ3n) is 4.51. The fourth-order valence-electron chi connectivity index (χ4n) is 3.30. The Morgan fingerprint density at radius 1 is 1.15 bits per heavy atom. The van der Waals surface area contributed by atoms with Gasteiger partial charge < -0.3 is 16.0 Å². The zero-order valence-corrected chi connectivity index (χ0v) is 14.8. The first-order valence-electron chi connectivity index (χ1n) is 8.45. The van der Waals surface area contributed by atoms with E-state index in [2.05, 4.69) is 11.4 Å². The third-order valence-corrected chi connectivity index (χ3v) is 5.65. The molecule has 132 valence electrons. The molecule has 1 fully saturated rings. The van der Waals surface area contributed by atoms with Crippen LogP contribution in [0.25, 0.3) is 10.2 Å². The molecule has 2 heterocycles. The van der Waals surface area contributed by atoms with Crippen molar-refractivity contribution in [2.45, 2.75) is 18.9 Å². The quantitative estimate of drug-likeness (QED) is 0.740. The first kappa shape index (κ1) is 16.5. The minimum absolute atomic E-state index is 0.0163. The first-order valence-corrected chi connectivity index (χ1v) is 9.26. The summed E-state index contributed by atoms with van der Waals surface area (Å²) >= 11 is 1.65. The predicted molar refractivity (Wildman–Crippen MR) is 102 cm³/mol. The van der Waals surface area contributed by atoms with Crippen LogP contribution in [-0.4, -0.2) is 28.4 Å². The van der Waals surface area contributed by atoms with Crippen molar-refractivity contribution in [3.63, 3.8) is 0 Å². The minimum atomic E-state index is -0.625. The van der Waals surface area contributed by atoms with Crippen LogP contribution in [0, 0.1) is 0 Å². The van der Waals surface area contributed by atoms with Crippen LogP contribution >= 0.6 is 11.3 Å². The SMILES string of the molecule is NC(=O)Nc1ccc(C(=O)N2CCC[C@@H]2c2nc3ccccc3s2)cc1. The van der Waals surface area contributed by atoms with Crippen LogP contribution in [0.1, 0.15) is 34.2 Å². The summed E-state index contributed by atoms with van der Waals surface area (Å²) in [5.74, 6) is -0.0163. The van der Waals surface area contributed by atoms with Gasteiger partial charge in [0.25, 0.3) is 5.91 Å².